The molecule has 0 saturated heterocycles. The van der Waals surface area contributed by atoms with Crippen LogP contribution in [0.4, 0.5) is 0 Å². The first-order valence-corrected chi connectivity index (χ1v) is 10.1. The number of aliphatic hydroxyl groups excluding tert-OH is 1. The van der Waals surface area contributed by atoms with Crippen molar-refractivity contribution in [3.05, 3.63) is 0 Å². The number of rotatable bonds is 1. The van der Waals surface area contributed by atoms with Crippen molar-refractivity contribution in [2.75, 3.05) is 0 Å². The Morgan fingerprint density at radius 1 is 1.04 bits per heavy atom. The van der Waals surface area contributed by atoms with Crippen LogP contribution in [-0.4, -0.2) is 17.0 Å². The highest BCUT2D eigenvalue weighted by atomic mass is 16.3. The number of fused-ring (bicyclic) bond motifs is 5. The maximum atomic E-state index is 12.5. The summed E-state index contributed by atoms with van der Waals surface area (Å²) in [4.78, 5) is 12.5. The van der Waals surface area contributed by atoms with Crippen LogP contribution in [0.15, 0.2) is 0 Å². The summed E-state index contributed by atoms with van der Waals surface area (Å²) < 4.78 is 0. The first-order valence-electron chi connectivity index (χ1n) is 10.1. The van der Waals surface area contributed by atoms with Crippen molar-refractivity contribution in [2.45, 2.75) is 84.7 Å². The van der Waals surface area contributed by atoms with E-state index in [1.54, 1.807) is 0 Å². The molecule has 4 aliphatic carbocycles. The second-order valence-corrected chi connectivity index (χ2v) is 9.74. The summed E-state index contributed by atoms with van der Waals surface area (Å²) in [7, 11) is 0. The average molecular weight is 319 g/mol. The topological polar surface area (TPSA) is 37.3 Å². The van der Waals surface area contributed by atoms with E-state index < -0.39 is 0 Å². The van der Waals surface area contributed by atoms with Crippen molar-refractivity contribution in [2.24, 2.45) is 40.4 Å². The second kappa shape index (κ2) is 5.31. The van der Waals surface area contributed by atoms with Crippen LogP contribution in [0.2, 0.25) is 0 Å². The lowest BCUT2D eigenvalue weighted by Gasteiger charge is -2.62. The lowest BCUT2D eigenvalue weighted by Crippen LogP contribution is -2.56. The Bertz CT molecular complexity index is 500. The highest BCUT2D eigenvalue weighted by Gasteiger charge is 2.61. The van der Waals surface area contributed by atoms with Crippen molar-refractivity contribution in [3.63, 3.8) is 0 Å². The van der Waals surface area contributed by atoms with Gasteiger partial charge in [-0.25, -0.2) is 0 Å². The molecule has 0 aromatic carbocycles. The third kappa shape index (κ3) is 2.12. The smallest absolute Gasteiger partial charge is 0.139 e. The zero-order chi connectivity index (χ0) is 16.4. The summed E-state index contributed by atoms with van der Waals surface area (Å²) in [6.07, 6.45) is 10.1. The molecule has 2 nitrogen and oxygen atoms in total. The van der Waals surface area contributed by atoms with Crippen molar-refractivity contribution in [1.82, 2.24) is 0 Å². The molecule has 0 radical (unpaired) electrons. The Morgan fingerprint density at radius 3 is 2.57 bits per heavy atom. The van der Waals surface area contributed by atoms with Crippen LogP contribution in [0, 0.1) is 40.4 Å². The van der Waals surface area contributed by atoms with Gasteiger partial charge in [0.25, 0.3) is 0 Å². The Kier molecular flexibility index (Phi) is 3.72. The number of Topliss-reactive ketones (excluding diaryl/α,β-unsaturated/α-hetero) is 1. The molecule has 4 rings (SSSR count). The molecule has 0 amide bonds. The molecular weight excluding hydrogens is 284 g/mol. The molecule has 0 aromatic rings. The predicted octanol–water partition coefficient (Wildman–Crippen LogP) is 4.60. The number of ketones is 1. The van der Waals surface area contributed by atoms with Crippen LogP contribution >= 0.6 is 0 Å². The molecule has 1 unspecified atom stereocenters. The number of carbonyl (C=O) groups is 1. The fourth-order valence-electron chi connectivity index (χ4n) is 7.71. The Hall–Kier alpha value is -0.370. The molecule has 2 heteroatoms. The molecular formula is C21H34O2. The summed E-state index contributed by atoms with van der Waals surface area (Å²) in [5.41, 5.74) is 0.409. The van der Waals surface area contributed by atoms with Gasteiger partial charge >= 0.3 is 0 Å². The largest absolute Gasteiger partial charge is 0.393 e. The van der Waals surface area contributed by atoms with Gasteiger partial charge in [0.05, 0.1) is 6.10 Å². The van der Waals surface area contributed by atoms with Crippen LogP contribution in [0.25, 0.3) is 0 Å². The van der Waals surface area contributed by atoms with Gasteiger partial charge in [-0.05, 0) is 80.0 Å². The lowest BCUT2D eigenvalue weighted by molar-refractivity contribution is -0.154. The quantitative estimate of drug-likeness (QED) is 0.767. The zero-order valence-electron chi connectivity index (χ0n) is 15.2. The average Bonchev–Trinajstić information content (AvgIpc) is 2.83. The summed E-state index contributed by atoms with van der Waals surface area (Å²) >= 11 is 0. The van der Waals surface area contributed by atoms with Gasteiger partial charge in [0.15, 0.2) is 0 Å². The zero-order valence-corrected chi connectivity index (χ0v) is 15.2. The van der Waals surface area contributed by atoms with Gasteiger partial charge in [0.1, 0.15) is 5.78 Å². The molecule has 0 spiro atoms. The third-order valence-corrected chi connectivity index (χ3v) is 9.05. The van der Waals surface area contributed by atoms with Gasteiger partial charge in [0.2, 0.25) is 0 Å². The first kappa shape index (κ1) is 16.1. The molecule has 0 aromatic heterocycles. The van der Waals surface area contributed by atoms with Crippen molar-refractivity contribution in [1.29, 1.82) is 0 Å². The van der Waals surface area contributed by atoms with Gasteiger partial charge in [-0.15, -0.1) is 0 Å². The molecule has 4 fully saturated rings. The molecule has 130 valence electrons. The highest BCUT2D eigenvalue weighted by molar-refractivity contribution is 5.87. The minimum Gasteiger partial charge on any atom is -0.393 e. The lowest BCUT2D eigenvalue weighted by atomic mass is 9.43. The van der Waals surface area contributed by atoms with Crippen LogP contribution in [-0.2, 0) is 4.79 Å². The van der Waals surface area contributed by atoms with E-state index >= 15 is 0 Å². The van der Waals surface area contributed by atoms with Gasteiger partial charge in [-0.3, -0.25) is 4.79 Å². The van der Waals surface area contributed by atoms with Crippen LogP contribution in [0.5, 0.6) is 0 Å². The summed E-state index contributed by atoms with van der Waals surface area (Å²) in [6, 6.07) is 0. The summed E-state index contributed by atoms with van der Waals surface area (Å²) in [6.45, 7) is 7.17. The molecule has 0 heterocycles. The van der Waals surface area contributed by atoms with Gasteiger partial charge < -0.3 is 5.11 Å². The Balaban J connectivity index is 1.69. The van der Waals surface area contributed by atoms with Gasteiger partial charge in [-0.1, -0.05) is 27.2 Å². The van der Waals surface area contributed by atoms with Crippen molar-refractivity contribution in [3.8, 4) is 0 Å². The maximum Gasteiger partial charge on any atom is 0.139 e. The van der Waals surface area contributed by atoms with Crippen molar-refractivity contribution >= 4 is 5.78 Å². The molecule has 0 bridgehead atoms. The van der Waals surface area contributed by atoms with E-state index in [2.05, 4.69) is 20.8 Å². The Labute approximate surface area is 141 Å². The van der Waals surface area contributed by atoms with E-state index in [0.717, 1.165) is 49.9 Å². The monoisotopic (exact) mass is 318 g/mol. The minimum absolute atomic E-state index is 0.00314. The van der Waals surface area contributed by atoms with E-state index in [0.29, 0.717) is 23.0 Å². The molecule has 4 saturated carbocycles. The normalized spacial score (nSPS) is 55.9. The van der Waals surface area contributed by atoms with E-state index in [1.807, 2.05) is 0 Å². The van der Waals surface area contributed by atoms with E-state index in [1.165, 1.54) is 25.7 Å². The molecule has 0 aliphatic heterocycles. The van der Waals surface area contributed by atoms with Gasteiger partial charge in [-0.2, -0.15) is 0 Å². The molecule has 4 aliphatic rings. The highest BCUT2D eigenvalue weighted by Crippen LogP contribution is 2.66. The first-order chi connectivity index (χ1) is 10.9. The fraction of sp³-hybridized carbons (Fsp3) is 0.952. The SMILES string of the molecule is CCC1C[C@@H]2[C@H](CC[C@]3(C)C(=O)CC[C@@H]23)[C@@]2(C)CC[C@H](O)C[C@H]12. The van der Waals surface area contributed by atoms with Crippen molar-refractivity contribution < 1.29 is 9.90 Å². The summed E-state index contributed by atoms with van der Waals surface area (Å²) in [5, 5.41) is 10.3. The fourth-order valence-corrected chi connectivity index (χ4v) is 7.71. The van der Waals surface area contributed by atoms with Crippen LogP contribution in [0.1, 0.15) is 78.6 Å². The third-order valence-electron chi connectivity index (χ3n) is 9.05. The molecule has 8 atom stereocenters. The minimum atomic E-state index is -0.0689. The predicted molar refractivity (Wildman–Crippen MR) is 91.9 cm³/mol. The van der Waals surface area contributed by atoms with Crippen LogP contribution in [0.3, 0.4) is 0 Å². The van der Waals surface area contributed by atoms with E-state index in [-0.39, 0.29) is 11.5 Å². The van der Waals surface area contributed by atoms with E-state index in [4.69, 9.17) is 0 Å². The summed E-state index contributed by atoms with van der Waals surface area (Å²) in [5.74, 6) is 4.23. The Morgan fingerprint density at radius 2 is 1.83 bits per heavy atom. The number of hydrogen-bond acceptors (Lipinski definition) is 2. The molecule has 1 N–H and O–H groups in total. The standard InChI is InChI=1S/C21H34O2/c1-4-13-11-15-16-5-6-19(23)21(16,3)10-8-17(15)20(2)9-7-14(22)12-18(13)20/h13-18,22H,4-12H2,1-3H3/t13?,14-,15-,16-,17-,18+,20+,21-/m0/s1. The maximum absolute atomic E-state index is 12.5. The number of carbonyl (C=O) groups excluding carboxylic acids is 1. The molecule has 23 heavy (non-hydrogen) atoms. The number of hydrogen-bond donors (Lipinski definition) is 1. The van der Waals surface area contributed by atoms with Crippen LogP contribution < -0.4 is 0 Å². The van der Waals surface area contributed by atoms with E-state index in [9.17, 15) is 9.90 Å². The van der Waals surface area contributed by atoms with Gasteiger partial charge in [0, 0.05) is 11.8 Å². The second-order valence-electron chi connectivity index (χ2n) is 9.74. The number of aliphatic hydroxyl groups is 1.